The van der Waals surface area contributed by atoms with Crippen LogP contribution in [0.1, 0.15) is 29.6 Å². The molecule has 5 nitrogen and oxygen atoms in total. The normalized spacial score (nSPS) is 16.5. The Balaban J connectivity index is 1.98. The molecule has 1 aliphatic heterocycles. The fraction of sp³-hybridized carbons (Fsp3) is 0.500. The first-order valence-electron chi connectivity index (χ1n) is 5.99. The molecule has 1 fully saturated rings. The van der Waals surface area contributed by atoms with Crippen molar-refractivity contribution in [3.05, 3.63) is 23.9 Å². The van der Waals surface area contributed by atoms with Gasteiger partial charge >= 0.3 is 0 Å². The average molecular weight is 234 g/mol. The van der Waals surface area contributed by atoms with Crippen molar-refractivity contribution in [1.29, 1.82) is 0 Å². The highest BCUT2D eigenvalue weighted by molar-refractivity contribution is 5.94. The first-order chi connectivity index (χ1) is 8.29. The lowest BCUT2D eigenvalue weighted by Crippen LogP contribution is -2.45. The van der Waals surface area contributed by atoms with Crippen LogP contribution in [0.15, 0.2) is 18.3 Å². The number of carbonyl (C=O) groups excluding carboxylic acids is 1. The van der Waals surface area contributed by atoms with E-state index in [9.17, 15) is 4.79 Å². The number of nitrogens with zero attached hydrogens (tertiary/aromatic N) is 2. The van der Waals surface area contributed by atoms with Crippen molar-refractivity contribution in [3.8, 4) is 0 Å². The minimum Gasteiger partial charge on any atom is -0.373 e. The lowest BCUT2D eigenvalue weighted by Gasteiger charge is -2.26. The molecule has 0 unspecified atom stereocenters. The Morgan fingerprint density at radius 3 is 2.82 bits per heavy atom. The molecule has 92 valence electrons. The molecule has 0 atom stereocenters. The number of hydrazine groups is 1. The topological polar surface area (TPSA) is 57.3 Å². The number of aromatic nitrogens is 1. The Kier molecular flexibility index (Phi) is 3.93. The van der Waals surface area contributed by atoms with Gasteiger partial charge in [-0.1, -0.05) is 6.42 Å². The third-order valence-corrected chi connectivity index (χ3v) is 2.89. The van der Waals surface area contributed by atoms with Crippen LogP contribution in [0.4, 0.5) is 5.82 Å². The van der Waals surface area contributed by atoms with Gasteiger partial charge in [0.2, 0.25) is 0 Å². The fourth-order valence-corrected chi connectivity index (χ4v) is 1.92. The van der Waals surface area contributed by atoms with Crippen molar-refractivity contribution in [2.45, 2.75) is 19.3 Å². The maximum atomic E-state index is 12.0. The largest absolute Gasteiger partial charge is 0.373 e. The van der Waals surface area contributed by atoms with Gasteiger partial charge < -0.3 is 5.32 Å². The Labute approximate surface area is 101 Å². The van der Waals surface area contributed by atoms with Crippen LogP contribution in [0, 0.1) is 0 Å². The monoisotopic (exact) mass is 234 g/mol. The van der Waals surface area contributed by atoms with Gasteiger partial charge in [-0.05, 0) is 25.0 Å². The minimum atomic E-state index is -0.0641. The Bertz CT molecular complexity index is 388. The number of anilines is 1. The van der Waals surface area contributed by atoms with Crippen molar-refractivity contribution in [3.63, 3.8) is 0 Å². The van der Waals surface area contributed by atoms with Gasteiger partial charge in [0.05, 0.1) is 0 Å². The van der Waals surface area contributed by atoms with E-state index in [-0.39, 0.29) is 5.91 Å². The van der Waals surface area contributed by atoms with Crippen LogP contribution in [0.3, 0.4) is 0 Å². The zero-order valence-electron chi connectivity index (χ0n) is 10.1. The van der Waals surface area contributed by atoms with Gasteiger partial charge in [0, 0.05) is 31.9 Å². The summed E-state index contributed by atoms with van der Waals surface area (Å²) in [6, 6.07) is 3.47. The molecule has 2 N–H and O–H groups in total. The van der Waals surface area contributed by atoms with E-state index >= 15 is 0 Å². The Hall–Kier alpha value is -1.62. The van der Waals surface area contributed by atoms with Gasteiger partial charge in [0.1, 0.15) is 5.82 Å². The second-order valence-electron chi connectivity index (χ2n) is 4.17. The molecular weight excluding hydrogens is 216 g/mol. The number of hydrogen-bond donors (Lipinski definition) is 2. The van der Waals surface area contributed by atoms with Gasteiger partial charge in [-0.3, -0.25) is 10.2 Å². The number of piperidine rings is 1. The summed E-state index contributed by atoms with van der Waals surface area (Å²) in [7, 11) is 1.79. The molecule has 0 spiro atoms. The highest BCUT2D eigenvalue weighted by Crippen LogP contribution is 2.09. The van der Waals surface area contributed by atoms with Gasteiger partial charge in [-0.25, -0.2) is 9.99 Å². The summed E-state index contributed by atoms with van der Waals surface area (Å²) < 4.78 is 0. The van der Waals surface area contributed by atoms with Gasteiger partial charge in [0.25, 0.3) is 5.91 Å². The van der Waals surface area contributed by atoms with Crippen LogP contribution in [-0.4, -0.2) is 36.0 Å². The summed E-state index contributed by atoms with van der Waals surface area (Å²) in [6.45, 7) is 1.88. The standard InChI is InChI=1S/C12H18N4O/c1-13-11-9-10(5-6-14-11)12(17)15-16-7-3-2-4-8-16/h5-6,9H,2-4,7-8H2,1H3,(H,13,14)(H,15,17). The molecule has 0 aliphatic carbocycles. The van der Waals surface area contributed by atoms with Crippen LogP contribution < -0.4 is 10.7 Å². The average Bonchev–Trinajstić information content (AvgIpc) is 2.40. The van der Waals surface area contributed by atoms with E-state index in [1.165, 1.54) is 6.42 Å². The molecule has 1 aliphatic rings. The summed E-state index contributed by atoms with van der Waals surface area (Å²) >= 11 is 0. The number of pyridine rings is 1. The third-order valence-electron chi connectivity index (χ3n) is 2.89. The predicted molar refractivity (Wildman–Crippen MR) is 66.7 cm³/mol. The molecule has 1 aromatic heterocycles. The molecule has 2 rings (SSSR count). The Morgan fingerprint density at radius 2 is 2.12 bits per heavy atom. The van der Waals surface area contributed by atoms with E-state index in [0.717, 1.165) is 25.9 Å². The molecule has 0 radical (unpaired) electrons. The molecular formula is C12H18N4O. The van der Waals surface area contributed by atoms with E-state index in [1.54, 1.807) is 25.4 Å². The molecule has 17 heavy (non-hydrogen) atoms. The van der Waals surface area contributed by atoms with E-state index in [2.05, 4.69) is 15.7 Å². The van der Waals surface area contributed by atoms with Crippen molar-refractivity contribution in [2.24, 2.45) is 0 Å². The molecule has 0 saturated carbocycles. The van der Waals surface area contributed by atoms with Gasteiger partial charge in [0.15, 0.2) is 0 Å². The smallest absolute Gasteiger partial charge is 0.265 e. The van der Waals surface area contributed by atoms with Crippen LogP contribution >= 0.6 is 0 Å². The van der Waals surface area contributed by atoms with E-state index in [4.69, 9.17) is 0 Å². The molecule has 0 bridgehead atoms. The molecule has 0 aromatic carbocycles. The summed E-state index contributed by atoms with van der Waals surface area (Å²) in [5.74, 6) is 0.641. The molecule has 1 saturated heterocycles. The molecule has 1 aromatic rings. The lowest BCUT2D eigenvalue weighted by atomic mass is 10.2. The highest BCUT2D eigenvalue weighted by Gasteiger charge is 2.14. The predicted octanol–water partition coefficient (Wildman–Crippen LogP) is 1.25. The number of hydrogen-bond acceptors (Lipinski definition) is 4. The lowest BCUT2D eigenvalue weighted by molar-refractivity contribution is 0.0750. The second-order valence-corrected chi connectivity index (χ2v) is 4.17. The minimum absolute atomic E-state index is 0.0641. The fourth-order valence-electron chi connectivity index (χ4n) is 1.92. The number of amides is 1. The zero-order valence-corrected chi connectivity index (χ0v) is 10.1. The summed E-state index contributed by atoms with van der Waals surface area (Å²) in [4.78, 5) is 16.1. The van der Waals surface area contributed by atoms with Crippen LogP contribution in [0.2, 0.25) is 0 Å². The van der Waals surface area contributed by atoms with Gasteiger partial charge in [-0.2, -0.15) is 0 Å². The SMILES string of the molecule is CNc1cc(C(=O)NN2CCCCC2)ccn1. The van der Waals surface area contributed by atoms with Crippen molar-refractivity contribution in [2.75, 3.05) is 25.5 Å². The number of rotatable bonds is 3. The van der Waals surface area contributed by atoms with Crippen molar-refractivity contribution in [1.82, 2.24) is 15.4 Å². The first kappa shape index (κ1) is 11.9. The first-order valence-corrected chi connectivity index (χ1v) is 5.99. The molecule has 2 heterocycles. The highest BCUT2D eigenvalue weighted by atomic mass is 16.2. The van der Waals surface area contributed by atoms with Crippen LogP contribution in [-0.2, 0) is 0 Å². The third kappa shape index (κ3) is 3.17. The number of nitrogens with one attached hydrogen (secondary N) is 2. The van der Waals surface area contributed by atoms with E-state index in [1.807, 2.05) is 5.01 Å². The van der Waals surface area contributed by atoms with Gasteiger partial charge in [-0.15, -0.1) is 0 Å². The molecule has 1 amide bonds. The van der Waals surface area contributed by atoms with E-state index in [0.29, 0.717) is 11.4 Å². The number of carbonyl (C=O) groups is 1. The maximum absolute atomic E-state index is 12.0. The quantitative estimate of drug-likeness (QED) is 0.826. The van der Waals surface area contributed by atoms with E-state index < -0.39 is 0 Å². The zero-order chi connectivity index (χ0) is 12.1. The summed E-state index contributed by atoms with van der Waals surface area (Å²) in [5.41, 5.74) is 3.56. The van der Waals surface area contributed by atoms with Crippen molar-refractivity contribution >= 4 is 11.7 Å². The summed E-state index contributed by atoms with van der Waals surface area (Å²) in [5, 5.41) is 4.91. The maximum Gasteiger partial charge on any atom is 0.265 e. The van der Waals surface area contributed by atoms with Crippen LogP contribution in [0.5, 0.6) is 0 Å². The molecule has 5 heteroatoms. The van der Waals surface area contributed by atoms with Crippen molar-refractivity contribution < 1.29 is 4.79 Å². The van der Waals surface area contributed by atoms with Crippen LogP contribution in [0.25, 0.3) is 0 Å². The Morgan fingerprint density at radius 1 is 1.35 bits per heavy atom. The second kappa shape index (κ2) is 5.63. The summed E-state index contributed by atoms with van der Waals surface area (Å²) in [6.07, 6.45) is 5.19.